The summed E-state index contributed by atoms with van der Waals surface area (Å²) in [5.74, 6) is 0.892. The van der Waals surface area contributed by atoms with Crippen molar-refractivity contribution in [3.8, 4) is 0 Å². The Bertz CT molecular complexity index is 99.4. The Morgan fingerprint density at radius 3 is 2.60 bits per heavy atom. The van der Waals surface area contributed by atoms with E-state index in [4.69, 9.17) is 5.11 Å². The molecule has 0 radical (unpaired) electrons. The van der Waals surface area contributed by atoms with Crippen LogP contribution in [0.15, 0.2) is 0 Å². The molecule has 0 aromatic heterocycles. The fourth-order valence-electron chi connectivity index (χ4n) is 1.49. The van der Waals surface area contributed by atoms with Gasteiger partial charge in [0.1, 0.15) is 0 Å². The average Bonchev–Trinajstić information content (AvgIpc) is 1.84. The minimum absolute atomic E-state index is 0.255. The zero-order chi connectivity index (χ0) is 7.56. The molecule has 2 nitrogen and oxygen atoms in total. The Morgan fingerprint density at radius 1 is 1.60 bits per heavy atom. The highest BCUT2D eigenvalue weighted by Gasteiger charge is 2.25. The summed E-state index contributed by atoms with van der Waals surface area (Å²) < 4.78 is 0. The Balaban J connectivity index is 2.04. The molecular formula is C8H17NO. The third-order valence-corrected chi connectivity index (χ3v) is 2.17. The predicted octanol–water partition coefficient (Wildman–Crippen LogP) is 0.755. The Kier molecular flexibility index (Phi) is 2.69. The second-order valence-corrected chi connectivity index (χ2v) is 3.52. The molecule has 60 valence electrons. The van der Waals surface area contributed by atoms with Gasteiger partial charge in [-0.1, -0.05) is 6.92 Å². The minimum Gasteiger partial charge on any atom is -0.395 e. The minimum atomic E-state index is 0.255. The van der Waals surface area contributed by atoms with Crippen LogP contribution in [-0.4, -0.2) is 23.8 Å². The maximum atomic E-state index is 8.71. The van der Waals surface area contributed by atoms with Crippen LogP contribution in [0.2, 0.25) is 0 Å². The van der Waals surface area contributed by atoms with Crippen LogP contribution in [0.25, 0.3) is 0 Å². The maximum absolute atomic E-state index is 8.71. The number of aliphatic hydroxyl groups is 1. The van der Waals surface area contributed by atoms with E-state index in [1.165, 1.54) is 12.8 Å². The van der Waals surface area contributed by atoms with Gasteiger partial charge >= 0.3 is 0 Å². The van der Waals surface area contributed by atoms with Crippen LogP contribution in [0, 0.1) is 5.92 Å². The van der Waals surface area contributed by atoms with Crippen molar-refractivity contribution in [1.29, 1.82) is 0 Å². The first-order valence-corrected chi connectivity index (χ1v) is 4.09. The molecule has 1 unspecified atom stereocenters. The van der Waals surface area contributed by atoms with Gasteiger partial charge in [-0.25, -0.2) is 0 Å². The highest BCUT2D eigenvalue weighted by atomic mass is 16.3. The van der Waals surface area contributed by atoms with Crippen molar-refractivity contribution in [3.63, 3.8) is 0 Å². The van der Waals surface area contributed by atoms with E-state index in [0.717, 1.165) is 5.92 Å². The molecule has 0 amide bonds. The van der Waals surface area contributed by atoms with E-state index < -0.39 is 0 Å². The van der Waals surface area contributed by atoms with Crippen LogP contribution in [-0.2, 0) is 0 Å². The van der Waals surface area contributed by atoms with Crippen LogP contribution in [0.1, 0.15) is 26.7 Å². The number of hydrogen-bond acceptors (Lipinski definition) is 2. The van der Waals surface area contributed by atoms with E-state index >= 15 is 0 Å². The van der Waals surface area contributed by atoms with E-state index in [1.807, 2.05) is 6.92 Å². The molecule has 0 aromatic rings. The lowest BCUT2D eigenvalue weighted by atomic mass is 9.81. The zero-order valence-electron chi connectivity index (χ0n) is 6.80. The van der Waals surface area contributed by atoms with Gasteiger partial charge in [-0.3, -0.25) is 0 Å². The molecule has 1 aliphatic rings. The average molecular weight is 143 g/mol. The molecule has 10 heavy (non-hydrogen) atoms. The second-order valence-electron chi connectivity index (χ2n) is 3.52. The van der Waals surface area contributed by atoms with E-state index in [2.05, 4.69) is 12.2 Å². The van der Waals surface area contributed by atoms with Crippen molar-refractivity contribution >= 4 is 0 Å². The monoisotopic (exact) mass is 143 g/mol. The van der Waals surface area contributed by atoms with Crippen LogP contribution in [0.4, 0.5) is 0 Å². The van der Waals surface area contributed by atoms with Crippen LogP contribution in [0.3, 0.4) is 0 Å². The molecule has 1 atom stereocenters. The lowest BCUT2D eigenvalue weighted by Crippen LogP contribution is -2.45. The molecule has 1 fully saturated rings. The van der Waals surface area contributed by atoms with Gasteiger partial charge in [0.05, 0.1) is 6.61 Å². The fraction of sp³-hybridized carbons (Fsp3) is 1.00. The molecular weight excluding hydrogens is 126 g/mol. The number of nitrogens with one attached hydrogen (secondary N) is 1. The molecule has 1 saturated carbocycles. The lowest BCUT2D eigenvalue weighted by molar-refractivity contribution is 0.184. The van der Waals surface area contributed by atoms with Crippen molar-refractivity contribution in [2.24, 2.45) is 5.92 Å². The Morgan fingerprint density at radius 2 is 2.20 bits per heavy atom. The first-order valence-electron chi connectivity index (χ1n) is 4.09. The standard InChI is InChI=1S/C8H17NO/c1-6-3-8(4-6)9-7(2)5-10/h6-10H,3-5H2,1-2H3. The molecule has 1 aliphatic carbocycles. The molecule has 1 rings (SSSR count). The summed E-state index contributed by atoms with van der Waals surface area (Å²) >= 11 is 0. The summed E-state index contributed by atoms with van der Waals surface area (Å²) in [5, 5.41) is 12.1. The van der Waals surface area contributed by atoms with Gasteiger partial charge < -0.3 is 10.4 Å². The van der Waals surface area contributed by atoms with Gasteiger partial charge in [0.15, 0.2) is 0 Å². The Labute approximate surface area is 62.6 Å². The molecule has 0 aromatic carbocycles. The summed E-state index contributed by atoms with van der Waals surface area (Å²) in [5.41, 5.74) is 0. The van der Waals surface area contributed by atoms with Crippen molar-refractivity contribution in [2.75, 3.05) is 6.61 Å². The van der Waals surface area contributed by atoms with Crippen molar-refractivity contribution in [3.05, 3.63) is 0 Å². The first kappa shape index (κ1) is 8.02. The van der Waals surface area contributed by atoms with E-state index in [-0.39, 0.29) is 12.6 Å². The smallest absolute Gasteiger partial charge is 0.0582 e. The fourth-order valence-corrected chi connectivity index (χ4v) is 1.49. The second kappa shape index (κ2) is 3.35. The topological polar surface area (TPSA) is 32.3 Å². The van der Waals surface area contributed by atoms with Crippen LogP contribution < -0.4 is 5.32 Å². The Hall–Kier alpha value is -0.0800. The number of rotatable bonds is 3. The third-order valence-electron chi connectivity index (χ3n) is 2.17. The van der Waals surface area contributed by atoms with E-state index in [9.17, 15) is 0 Å². The van der Waals surface area contributed by atoms with E-state index in [1.54, 1.807) is 0 Å². The summed E-state index contributed by atoms with van der Waals surface area (Å²) in [6.07, 6.45) is 2.56. The van der Waals surface area contributed by atoms with Gasteiger partial charge in [-0.2, -0.15) is 0 Å². The largest absolute Gasteiger partial charge is 0.395 e. The molecule has 0 spiro atoms. The number of hydrogen-bond donors (Lipinski definition) is 2. The molecule has 2 heteroatoms. The highest BCUT2D eigenvalue weighted by molar-refractivity contribution is 4.83. The summed E-state index contributed by atoms with van der Waals surface area (Å²) in [6.45, 7) is 4.54. The first-order chi connectivity index (χ1) is 4.72. The third kappa shape index (κ3) is 1.96. The summed E-state index contributed by atoms with van der Waals surface area (Å²) in [4.78, 5) is 0. The molecule has 2 N–H and O–H groups in total. The van der Waals surface area contributed by atoms with Crippen LogP contribution >= 0.6 is 0 Å². The molecule has 0 bridgehead atoms. The summed E-state index contributed by atoms with van der Waals surface area (Å²) in [6, 6.07) is 0.953. The van der Waals surface area contributed by atoms with Crippen molar-refractivity contribution in [2.45, 2.75) is 38.8 Å². The highest BCUT2D eigenvalue weighted by Crippen LogP contribution is 2.26. The van der Waals surface area contributed by atoms with Gasteiger partial charge in [-0.15, -0.1) is 0 Å². The normalized spacial score (nSPS) is 35.1. The van der Waals surface area contributed by atoms with Gasteiger partial charge in [0.2, 0.25) is 0 Å². The molecule has 0 aliphatic heterocycles. The maximum Gasteiger partial charge on any atom is 0.0582 e. The van der Waals surface area contributed by atoms with Crippen LogP contribution in [0.5, 0.6) is 0 Å². The number of aliphatic hydroxyl groups excluding tert-OH is 1. The molecule has 0 heterocycles. The SMILES string of the molecule is CC1CC(NC(C)CO)C1. The van der Waals surface area contributed by atoms with Crippen molar-refractivity contribution < 1.29 is 5.11 Å². The predicted molar refractivity (Wildman–Crippen MR) is 41.9 cm³/mol. The van der Waals surface area contributed by atoms with Gasteiger partial charge in [0.25, 0.3) is 0 Å². The van der Waals surface area contributed by atoms with Crippen molar-refractivity contribution in [1.82, 2.24) is 5.32 Å². The summed E-state index contributed by atoms with van der Waals surface area (Å²) in [7, 11) is 0. The lowest BCUT2D eigenvalue weighted by Gasteiger charge is -2.35. The zero-order valence-corrected chi connectivity index (χ0v) is 6.80. The van der Waals surface area contributed by atoms with E-state index in [0.29, 0.717) is 6.04 Å². The molecule has 0 saturated heterocycles. The van der Waals surface area contributed by atoms with Gasteiger partial charge in [0, 0.05) is 12.1 Å². The van der Waals surface area contributed by atoms with Gasteiger partial charge in [-0.05, 0) is 25.7 Å². The quantitative estimate of drug-likeness (QED) is 0.611.